The predicted octanol–water partition coefficient (Wildman–Crippen LogP) is 4.67. The van der Waals surface area contributed by atoms with Gasteiger partial charge in [0, 0.05) is 37.1 Å². The zero-order valence-corrected chi connectivity index (χ0v) is 19.7. The molecule has 2 aromatic carbocycles. The molecular weight excluding hydrogens is 444 g/mol. The van der Waals surface area contributed by atoms with Crippen LogP contribution in [0.2, 0.25) is 0 Å². The zero-order valence-electron chi connectivity index (χ0n) is 18.9. The number of carbonyl (C=O) groups excluding carboxylic acids is 1. The van der Waals surface area contributed by atoms with Crippen LogP contribution in [0.1, 0.15) is 21.7 Å². The van der Waals surface area contributed by atoms with Gasteiger partial charge in [-0.05, 0) is 42.5 Å². The SMILES string of the molecule is Cc1ccccc1-c1nnc2c3ccccc3nc(N3CCCN(C(=O)c4cccs4)CC3)n12. The maximum atomic E-state index is 13.0. The molecule has 1 saturated heterocycles. The molecular formula is C26H24N6OS. The van der Waals surface area contributed by atoms with Crippen LogP contribution in [0.15, 0.2) is 66.0 Å². The summed E-state index contributed by atoms with van der Waals surface area (Å²) in [5.41, 5.74) is 3.87. The van der Waals surface area contributed by atoms with Crippen LogP contribution >= 0.6 is 11.3 Å². The molecule has 1 aliphatic heterocycles. The minimum atomic E-state index is 0.110. The largest absolute Gasteiger partial charge is 0.340 e. The summed E-state index contributed by atoms with van der Waals surface area (Å²) in [4.78, 5) is 23.1. The molecule has 0 spiro atoms. The molecule has 0 saturated carbocycles. The minimum Gasteiger partial charge on any atom is -0.340 e. The highest BCUT2D eigenvalue weighted by atomic mass is 32.1. The minimum absolute atomic E-state index is 0.110. The molecule has 0 aliphatic carbocycles. The summed E-state index contributed by atoms with van der Waals surface area (Å²) in [6.07, 6.45) is 0.870. The second-order valence-corrected chi connectivity index (χ2v) is 9.48. The summed E-state index contributed by atoms with van der Waals surface area (Å²) < 4.78 is 2.08. The van der Waals surface area contributed by atoms with Crippen LogP contribution in [-0.2, 0) is 0 Å². The van der Waals surface area contributed by atoms with E-state index in [0.717, 1.165) is 63.8 Å². The third kappa shape index (κ3) is 3.51. The lowest BCUT2D eigenvalue weighted by Crippen LogP contribution is -2.35. The fraction of sp³-hybridized carbons (Fsp3) is 0.231. The number of hydrogen-bond donors (Lipinski definition) is 0. The standard InChI is InChI=1S/C26H24N6OS/c1-18-8-2-3-9-19(18)23-28-29-24-20-10-4-5-11-21(20)27-26(32(23)24)31-14-7-13-30(15-16-31)25(33)22-12-6-17-34-22/h2-6,8-12,17H,7,13-16H2,1H3. The molecule has 1 aliphatic rings. The summed E-state index contributed by atoms with van der Waals surface area (Å²) in [5, 5.41) is 12.1. The van der Waals surface area contributed by atoms with E-state index in [1.807, 2.05) is 58.8 Å². The highest BCUT2D eigenvalue weighted by Gasteiger charge is 2.25. The number of aryl methyl sites for hydroxylation is 1. The van der Waals surface area contributed by atoms with Crippen molar-refractivity contribution < 1.29 is 4.79 Å². The normalized spacial score (nSPS) is 14.6. The van der Waals surface area contributed by atoms with Gasteiger partial charge in [-0.25, -0.2) is 9.38 Å². The molecule has 6 rings (SSSR count). The Kier molecular flexibility index (Phi) is 5.22. The number of carbonyl (C=O) groups is 1. The summed E-state index contributed by atoms with van der Waals surface area (Å²) in [7, 11) is 0. The maximum Gasteiger partial charge on any atom is 0.263 e. The first kappa shape index (κ1) is 20.8. The van der Waals surface area contributed by atoms with Crippen molar-refractivity contribution in [3.05, 3.63) is 76.5 Å². The topological polar surface area (TPSA) is 66.6 Å². The molecule has 0 N–H and O–H groups in total. The van der Waals surface area contributed by atoms with Crippen LogP contribution < -0.4 is 4.90 Å². The number of rotatable bonds is 3. The molecule has 0 atom stereocenters. The fourth-order valence-corrected chi connectivity index (χ4v) is 5.34. The molecule has 0 unspecified atom stereocenters. The smallest absolute Gasteiger partial charge is 0.263 e. The lowest BCUT2D eigenvalue weighted by molar-refractivity contribution is 0.0772. The molecule has 8 heteroatoms. The number of nitrogens with zero attached hydrogens (tertiary/aromatic N) is 6. The van der Waals surface area contributed by atoms with Gasteiger partial charge in [-0.3, -0.25) is 4.79 Å². The number of thiophene rings is 1. The van der Waals surface area contributed by atoms with Gasteiger partial charge in [0.05, 0.1) is 10.4 Å². The van der Waals surface area contributed by atoms with Gasteiger partial charge in [0.25, 0.3) is 5.91 Å². The lowest BCUT2D eigenvalue weighted by atomic mass is 10.1. The molecule has 0 bridgehead atoms. The summed E-state index contributed by atoms with van der Waals surface area (Å²) >= 11 is 1.50. The highest BCUT2D eigenvalue weighted by molar-refractivity contribution is 7.12. The first-order valence-corrected chi connectivity index (χ1v) is 12.4. The van der Waals surface area contributed by atoms with Gasteiger partial charge in [0.1, 0.15) is 0 Å². The van der Waals surface area contributed by atoms with E-state index < -0.39 is 0 Å². The Bertz CT molecular complexity index is 1490. The van der Waals surface area contributed by atoms with Crippen molar-refractivity contribution in [3.63, 3.8) is 0 Å². The monoisotopic (exact) mass is 468 g/mol. The molecule has 170 valence electrons. The number of anilines is 1. The van der Waals surface area contributed by atoms with E-state index in [9.17, 15) is 4.79 Å². The van der Waals surface area contributed by atoms with Crippen LogP contribution in [0.5, 0.6) is 0 Å². The Labute approximate surface area is 201 Å². The van der Waals surface area contributed by atoms with Gasteiger partial charge in [0.15, 0.2) is 11.5 Å². The number of fused-ring (bicyclic) bond motifs is 3. The van der Waals surface area contributed by atoms with E-state index in [0.29, 0.717) is 13.1 Å². The Balaban J connectivity index is 1.45. The van der Waals surface area contributed by atoms with Gasteiger partial charge in [-0.2, -0.15) is 0 Å². The molecule has 1 amide bonds. The van der Waals surface area contributed by atoms with Gasteiger partial charge in [-0.1, -0.05) is 42.5 Å². The van der Waals surface area contributed by atoms with Crippen LogP contribution in [-0.4, -0.2) is 56.6 Å². The average Bonchev–Trinajstić information content (AvgIpc) is 3.49. The van der Waals surface area contributed by atoms with Crippen LogP contribution in [0.4, 0.5) is 5.95 Å². The third-order valence-electron chi connectivity index (χ3n) is 6.41. The van der Waals surface area contributed by atoms with Gasteiger partial charge in [-0.15, -0.1) is 21.5 Å². The number of benzene rings is 2. The van der Waals surface area contributed by atoms with Crippen LogP contribution in [0.25, 0.3) is 27.9 Å². The van der Waals surface area contributed by atoms with Crippen molar-refractivity contribution in [2.75, 3.05) is 31.1 Å². The molecule has 7 nitrogen and oxygen atoms in total. The summed E-state index contributed by atoms with van der Waals surface area (Å²) in [6, 6.07) is 20.1. The average molecular weight is 469 g/mol. The molecule has 0 radical (unpaired) electrons. The summed E-state index contributed by atoms with van der Waals surface area (Å²) in [5.74, 6) is 1.72. The molecule has 34 heavy (non-hydrogen) atoms. The van der Waals surface area contributed by atoms with E-state index >= 15 is 0 Å². The van der Waals surface area contributed by atoms with Crippen molar-refractivity contribution in [2.45, 2.75) is 13.3 Å². The number of aromatic nitrogens is 4. The van der Waals surface area contributed by atoms with Crippen molar-refractivity contribution in [1.29, 1.82) is 0 Å². The Morgan fingerprint density at radius 3 is 2.62 bits per heavy atom. The van der Waals surface area contributed by atoms with E-state index in [4.69, 9.17) is 4.98 Å². The van der Waals surface area contributed by atoms with Crippen LogP contribution in [0.3, 0.4) is 0 Å². The molecule has 3 aromatic heterocycles. The van der Waals surface area contributed by atoms with Crippen LogP contribution in [0, 0.1) is 6.92 Å². The first-order valence-electron chi connectivity index (χ1n) is 11.5. The van der Waals surface area contributed by atoms with E-state index in [1.165, 1.54) is 11.3 Å². The van der Waals surface area contributed by atoms with Gasteiger partial charge in [0.2, 0.25) is 5.95 Å². The quantitative estimate of drug-likeness (QED) is 0.385. The first-order chi connectivity index (χ1) is 16.7. The fourth-order valence-electron chi connectivity index (χ4n) is 4.65. The van der Waals surface area contributed by atoms with Gasteiger partial charge >= 0.3 is 0 Å². The Hall–Kier alpha value is -3.78. The number of para-hydroxylation sites is 1. The lowest BCUT2D eigenvalue weighted by Gasteiger charge is -2.24. The molecule has 5 aromatic rings. The summed E-state index contributed by atoms with van der Waals surface area (Å²) in [6.45, 7) is 4.97. The van der Waals surface area contributed by atoms with Crippen molar-refractivity contribution >= 4 is 39.7 Å². The highest BCUT2D eigenvalue weighted by Crippen LogP contribution is 2.30. The van der Waals surface area contributed by atoms with E-state index in [1.54, 1.807) is 0 Å². The number of hydrogen-bond acceptors (Lipinski definition) is 6. The third-order valence-corrected chi connectivity index (χ3v) is 7.27. The van der Waals surface area contributed by atoms with E-state index in [-0.39, 0.29) is 5.91 Å². The molecule has 1 fully saturated rings. The predicted molar refractivity (Wildman–Crippen MR) is 136 cm³/mol. The Morgan fingerprint density at radius 1 is 0.912 bits per heavy atom. The van der Waals surface area contributed by atoms with E-state index in [2.05, 4.69) is 38.6 Å². The van der Waals surface area contributed by atoms with Gasteiger partial charge < -0.3 is 9.80 Å². The van der Waals surface area contributed by atoms with Crippen molar-refractivity contribution in [2.24, 2.45) is 0 Å². The maximum absolute atomic E-state index is 13.0. The Morgan fingerprint density at radius 2 is 1.76 bits per heavy atom. The second-order valence-electron chi connectivity index (χ2n) is 8.54. The molecule has 4 heterocycles. The zero-order chi connectivity index (χ0) is 23.1. The second kappa shape index (κ2) is 8.53. The van der Waals surface area contributed by atoms with Crippen molar-refractivity contribution in [1.82, 2.24) is 24.5 Å². The number of amides is 1. The van der Waals surface area contributed by atoms with Crippen molar-refractivity contribution in [3.8, 4) is 11.4 Å².